The second kappa shape index (κ2) is 9.87. The highest BCUT2D eigenvalue weighted by molar-refractivity contribution is 5.35. The van der Waals surface area contributed by atoms with Crippen molar-refractivity contribution in [3.8, 4) is 11.5 Å². The van der Waals surface area contributed by atoms with Crippen LogP contribution < -0.4 is 9.47 Å². The molecule has 0 saturated heterocycles. The zero-order valence-corrected chi connectivity index (χ0v) is 18.7. The van der Waals surface area contributed by atoms with E-state index in [-0.39, 0.29) is 11.5 Å². The normalized spacial score (nSPS) is 29.8. The van der Waals surface area contributed by atoms with Crippen molar-refractivity contribution in [2.24, 2.45) is 35.5 Å². The molecule has 1 aromatic rings. The quantitative estimate of drug-likeness (QED) is 0.436. The third-order valence-electron chi connectivity index (χ3n) is 7.97. The molecule has 30 heavy (non-hydrogen) atoms. The Hall–Kier alpha value is -1.32. The van der Waals surface area contributed by atoms with Crippen molar-refractivity contribution in [1.82, 2.24) is 0 Å². The first-order valence-corrected chi connectivity index (χ1v) is 12.2. The highest BCUT2D eigenvalue weighted by atomic mass is 19.2. The Morgan fingerprint density at radius 1 is 0.700 bits per heavy atom. The maximum Gasteiger partial charge on any atom is 0.204 e. The second-order valence-corrected chi connectivity index (χ2v) is 10.5. The Labute approximate surface area is 180 Å². The third kappa shape index (κ3) is 5.48. The zero-order chi connectivity index (χ0) is 21.1. The van der Waals surface area contributed by atoms with Gasteiger partial charge in [-0.15, -0.1) is 0 Å². The average molecular weight is 421 g/mol. The lowest BCUT2D eigenvalue weighted by molar-refractivity contribution is 0.113. The fourth-order valence-electron chi connectivity index (χ4n) is 5.55. The van der Waals surface area contributed by atoms with Crippen molar-refractivity contribution in [2.75, 3.05) is 13.2 Å². The minimum Gasteiger partial charge on any atom is -0.490 e. The summed E-state index contributed by atoms with van der Waals surface area (Å²) in [7, 11) is 0. The predicted octanol–water partition coefficient (Wildman–Crippen LogP) is 7.40. The van der Waals surface area contributed by atoms with E-state index in [0.29, 0.717) is 25.0 Å². The van der Waals surface area contributed by atoms with Crippen LogP contribution in [0.3, 0.4) is 0 Å². The molecule has 0 heterocycles. The molecule has 3 saturated carbocycles. The van der Waals surface area contributed by atoms with Gasteiger partial charge in [0, 0.05) is 0 Å². The van der Waals surface area contributed by atoms with Gasteiger partial charge in [-0.3, -0.25) is 0 Å². The summed E-state index contributed by atoms with van der Waals surface area (Å²) in [5.41, 5.74) is 0. The Balaban J connectivity index is 1.20. The van der Waals surface area contributed by atoms with Crippen LogP contribution in [0.5, 0.6) is 11.5 Å². The lowest BCUT2D eigenvalue weighted by Gasteiger charge is -2.38. The number of hydrogen-bond donors (Lipinski definition) is 0. The fraction of sp³-hybridized carbons (Fsp3) is 0.769. The van der Waals surface area contributed by atoms with Gasteiger partial charge in [-0.25, -0.2) is 0 Å². The van der Waals surface area contributed by atoms with Crippen LogP contribution in [0.1, 0.15) is 78.1 Å². The van der Waals surface area contributed by atoms with Crippen LogP contribution in [0.2, 0.25) is 0 Å². The predicted molar refractivity (Wildman–Crippen MR) is 116 cm³/mol. The molecule has 0 N–H and O–H groups in total. The van der Waals surface area contributed by atoms with Gasteiger partial charge < -0.3 is 9.47 Å². The SMILES string of the molecule is CC(C)C1CCC(C2CCC(COc3ccc(OCC4CC4)c(F)c3F)CC2)CC1. The van der Waals surface area contributed by atoms with Crippen molar-refractivity contribution in [3.63, 3.8) is 0 Å². The van der Waals surface area contributed by atoms with Gasteiger partial charge in [0.1, 0.15) is 0 Å². The summed E-state index contributed by atoms with van der Waals surface area (Å²) in [6.07, 6.45) is 12.6. The first-order chi connectivity index (χ1) is 14.5. The highest BCUT2D eigenvalue weighted by Crippen LogP contribution is 2.43. The third-order valence-corrected chi connectivity index (χ3v) is 7.97. The summed E-state index contributed by atoms with van der Waals surface area (Å²) >= 11 is 0. The Morgan fingerprint density at radius 3 is 1.50 bits per heavy atom. The van der Waals surface area contributed by atoms with E-state index in [1.54, 1.807) is 0 Å². The molecule has 3 fully saturated rings. The van der Waals surface area contributed by atoms with Gasteiger partial charge in [-0.1, -0.05) is 13.8 Å². The van der Waals surface area contributed by atoms with Crippen molar-refractivity contribution in [2.45, 2.75) is 78.1 Å². The minimum absolute atomic E-state index is 0.000513. The van der Waals surface area contributed by atoms with Crippen LogP contribution in [0.4, 0.5) is 8.78 Å². The van der Waals surface area contributed by atoms with E-state index in [4.69, 9.17) is 9.47 Å². The van der Waals surface area contributed by atoms with Crippen LogP contribution in [-0.4, -0.2) is 13.2 Å². The summed E-state index contributed by atoms with van der Waals surface area (Å²) in [4.78, 5) is 0. The molecule has 1 aromatic carbocycles. The minimum atomic E-state index is -0.922. The molecule has 3 aliphatic carbocycles. The Kier molecular flexibility index (Phi) is 7.20. The molecule has 4 heteroatoms. The van der Waals surface area contributed by atoms with Crippen molar-refractivity contribution < 1.29 is 18.3 Å². The summed E-state index contributed by atoms with van der Waals surface area (Å²) in [6, 6.07) is 3.01. The van der Waals surface area contributed by atoms with Gasteiger partial charge >= 0.3 is 0 Å². The van der Waals surface area contributed by atoms with Gasteiger partial charge in [0.05, 0.1) is 13.2 Å². The Bertz CT molecular complexity index is 685. The van der Waals surface area contributed by atoms with E-state index >= 15 is 0 Å². The highest BCUT2D eigenvalue weighted by Gasteiger charge is 2.32. The summed E-state index contributed by atoms with van der Waals surface area (Å²) in [5, 5.41) is 0. The molecular formula is C26H38F2O2. The molecule has 0 unspecified atom stereocenters. The van der Waals surface area contributed by atoms with Crippen molar-refractivity contribution in [3.05, 3.63) is 23.8 Å². The van der Waals surface area contributed by atoms with E-state index in [1.165, 1.54) is 50.7 Å². The molecule has 168 valence electrons. The first-order valence-electron chi connectivity index (χ1n) is 12.2. The van der Waals surface area contributed by atoms with E-state index in [0.717, 1.165) is 49.4 Å². The standard InChI is InChI=1S/C26H38F2O2/c1-17(2)20-9-11-22(12-10-20)21-7-5-19(6-8-21)16-30-24-14-13-23(25(27)26(24)28)29-15-18-3-4-18/h13-14,17-22H,3-12,15-16H2,1-2H3. The van der Waals surface area contributed by atoms with Crippen LogP contribution in [-0.2, 0) is 0 Å². The lowest BCUT2D eigenvalue weighted by Crippen LogP contribution is -2.28. The topological polar surface area (TPSA) is 18.5 Å². The molecule has 0 atom stereocenters. The largest absolute Gasteiger partial charge is 0.490 e. The van der Waals surface area contributed by atoms with Crippen molar-refractivity contribution in [1.29, 1.82) is 0 Å². The number of halogens is 2. The molecule has 0 radical (unpaired) electrons. The van der Waals surface area contributed by atoms with Crippen LogP contribution in [0, 0.1) is 47.1 Å². The Morgan fingerprint density at radius 2 is 1.10 bits per heavy atom. The summed E-state index contributed by atoms with van der Waals surface area (Å²) in [5.74, 6) is 2.62. The molecule has 3 aliphatic rings. The summed E-state index contributed by atoms with van der Waals surface area (Å²) < 4.78 is 39.7. The van der Waals surface area contributed by atoms with Gasteiger partial charge in [0.2, 0.25) is 11.6 Å². The number of hydrogen-bond acceptors (Lipinski definition) is 2. The first kappa shape index (κ1) is 21.9. The van der Waals surface area contributed by atoms with Crippen LogP contribution in [0.15, 0.2) is 12.1 Å². The van der Waals surface area contributed by atoms with Gasteiger partial charge in [0.15, 0.2) is 11.5 Å². The molecule has 0 amide bonds. The number of ether oxygens (including phenoxy) is 2. The zero-order valence-electron chi connectivity index (χ0n) is 18.7. The molecule has 0 bridgehead atoms. The summed E-state index contributed by atoms with van der Waals surface area (Å²) in [6.45, 7) is 5.67. The molecule has 2 nitrogen and oxygen atoms in total. The molecule has 0 spiro atoms. The van der Waals surface area contributed by atoms with Gasteiger partial charge in [0.25, 0.3) is 0 Å². The van der Waals surface area contributed by atoms with Crippen molar-refractivity contribution >= 4 is 0 Å². The molecular weight excluding hydrogens is 382 g/mol. The van der Waals surface area contributed by atoms with Gasteiger partial charge in [-0.05, 0) is 112 Å². The molecule has 0 aliphatic heterocycles. The van der Waals surface area contributed by atoms with Crippen LogP contribution >= 0.6 is 0 Å². The fourth-order valence-corrected chi connectivity index (χ4v) is 5.55. The maximum atomic E-state index is 14.4. The number of rotatable bonds is 8. The smallest absolute Gasteiger partial charge is 0.204 e. The van der Waals surface area contributed by atoms with Crippen LogP contribution in [0.25, 0.3) is 0 Å². The lowest BCUT2D eigenvalue weighted by atomic mass is 9.68. The van der Waals surface area contributed by atoms with E-state index in [9.17, 15) is 8.78 Å². The average Bonchev–Trinajstić information content (AvgIpc) is 3.59. The number of benzene rings is 1. The van der Waals surface area contributed by atoms with E-state index in [2.05, 4.69) is 13.8 Å². The monoisotopic (exact) mass is 420 g/mol. The second-order valence-electron chi connectivity index (χ2n) is 10.5. The van der Waals surface area contributed by atoms with E-state index < -0.39 is 11.6 Å². The maximum absolute atomic E-state index is 14.4. The van der Waals surface area contributed by atoms with E-state index in [1.807, 2.05) is 0 Å². The molecule has 0 aromatic heterocycles. The van der Waals surface area contributed by atoms with Gasteiger partial charge in [-0.2, -0.15) is 8.78 Å². The molecule has 4 rings (SSSR count).